The van der Waals surface area contributed by atoms with E-state index in [1.807, 2.05) is 11.8 Å². The van der Waals surface area contributed by atoms with E-state index in [9.17, 15) is 0 Å². The zero-order valence-electron chi connectivity index (χ0n) is 10.7. The van der Waals surface area contributed by atoms with Gasteiger partial charge >= 0.3 is 0 Å². The van der Waals surface area contributed by atoms with Crippen molar-refractivity contribution in [1.82, 2.24) is 9.97 Å². The Morgan fingerprint density at radius 2 is 2.22 bits per heavy atom. The van der Waals surface area contributed by atoms with Gasteiger partial charge in [0.2, 0.25) is 0 Å². The summed E-state index contributed by atoms with van der Waals surface area (Å²) in [6.45, 7) is 4.32. The molecule has 0 aromatic carbocycles. The SMILES string of the molecule is CCCSCc1nc(NN)c2cc(CC)sc2n1. The lowest BCUT2D eigenvalue weighted by Gasteiger charge is -2.04. The standard InChI is InChI=1S/C12H18N4S2/c1-3-5-17-7-10-14-11(16-13)9-6-8(4-2)18-12(9)15-10/h6H,3-5,7,13H2,1-2H3,(H,14,15,16). The molecule has 2 aromatic heterocycles. The molecule has 2 heterocycles. The van der Waals surface area contributed by atoms with E-state index in [0.29, 0.717) is 0 Å². The van der Waals surface area contributed by atoms with Crippen LogP contribution < -0.4 is 11.3 Å². The van der Waals surface area contributed by atoms with E-state index in [1.165, 1.54) is 11.3 Å². The molecule has 4 nitrogen and oxygen atoms in total. The molecule has 0 spiro atoms. The number of hydrogen-bond donors (Lipinski definition) is 2. The second-order valence-corrected chi connectivity index (χ2v) is 6.19. The van der Waals surface area contributed by atoms with E-state index in [4.69, 9.17) is 5.84 Å². The monoisotopic (exact) mass is 282 g/mol. The first-order valence-electron chi connectivity index (χ1n) is 6.12. The number of aromatic nitrogens is 2. The number of thioether (sulfide) groups is 1. The second kappa shape index (κ2) is 6.36. The highest BCUT2D eigenvalue weighted by atomic mass is 32.2. The number of hydrogen-bond acceptors (Lipinski definition) is 6. The number of hydrazine groups is 1. The number of rotatable bonds is 6. The number of nitrogens with zero attached hydrogens (tertiary/aromatic N) is 2. The molecule has 0 atom stereocenters. The topological polar surface area (TPSA) is 63.8 Å². The lowest BCUT2D eigenvalue weighted by Crippen LogP contribution is -2.10. The van der Waals surface area contributed by atoms with Crippen LogP contribution in [0.1, 0.15) is 31.0 Å². The van der Waals surface area contributed by atoms with Gasteiger partial charge in [-0.1, -0.05) is 13.8 Å². The third-order valence-corrected chi connectivity index (χ3v) is 4.89. The number of nitrogen functional groups attached to an aromatic ring is 1. The molecule has 0 unspecified atom stereocenters. The Hall–Kier alpha value is -0.850. The number of aryl methyl sites for hydroxylation is 1. The minimum atomic E-state index is 0.739. The van der Waals surface area contributed by atoms with Gasteiger partial charge in [-0.05, 0) is 24.7 Å². The second-order valence-electron chi connectivity index (χ2n) is 3.97. The van der Waals surface area contributed by atoms with Crippen LogP contribution in [0.4, 0.5) is 5.82 Å². The maximum atomic E-state index is 5.55. The number of thiophene rings is 1. The van der Waals surface area contributed by atoms with Gasteiger partial charge in [0.1, 0.15) is 10.7 Å². The first-order valence-corrected chi connectivity index (χ1v) is 8.09. The molecule has 2 rings (SSSR count). The molecule has 18 heavy (non-hydrogen) atoms. The van der Waals surface area contributed by atoms with Crippen molar-refractivity contribution in [2.24, 2.45) is 5.84 Å². The predicted octanol–water partition coefficient (Wildman–Crippen LogP) is 3.18. The molecule has 2 aromatic rings. The van der Waals surface area contributed by atoms with Crippen molar-refractivity contribution in [1.29, 1.82) is 0 Å². The summed E-state index contributed by atoms with van der Waals surface area (Å²) < 4.78 is 0. The van der Waals surface area contributed by atoms with Crippen molar-refractivity contribution in [2.75, 3.05) is 11.2 Å². The maximum absolute atomic E-state index is 5.55. The van der Waals surface area contributed by atoms with E-state index in [0.717, 1.165) is 39.8 Å². The molecule has 0 bridgehead atoms. The highest BCUT2D eigenvalue weighted by Crippen LogP contribution is 2.29. The molecule has 0 saturated carbocycles. The molecule has 0 saturated heterocycles. The van der Waals surface area contributed by atoms with Gasteiger partial charge in [0.15, 0.2) is 5.82 Å². The van der Waals surface area contributed by atoms with E-state index >= 15 is 0 Å². The first-order chi connectivity index (χ1) is 8.78. The summed E-state index contributed by atoms with van der Waals surface area (Å²) in [7, 11) is 0. The summed E-state index contributed by atoms with van der Waals surface area (Å²) in [6.07, 6.45) is 2.19. The molecule has 98 valence electrons. The summed E-state index contributed by atoms with van der Waals surface area (Å²) in [4.78, 5) is 11.4. The maximum Gasteiger partial charge on any atom is 0.152 e. The third kappa shape index (κ3) is 2.93. The summed E-state index contributed by atoms with van der Waals surface area (Å²) in [5, 5.41) is 1.03. The van der Waals surface area contributed by atoms with E-state index in [2.05, 4.69) is 35.3 Å². The fourth-order valence-electron chi connectivity index (χ4n) is 1.67. The molecule has 6 heteroatoms. The quantitative estimate of drug-likeness (QED) is 0.484. The number of nitrogens with two attached hydrogens (primary N) is 1. The highest BCUT2D eigenvalue weighted by molar-refractivity contribution is 7.98. The van der Waals surface area contributed by atoms with Crippen LogP contribution >= 0.6 is 23.1 Å². The van der Waals surface area contributed by atoms with Crippen LogP contribution in [0, 0.1) is 0 Å². The van der Waals surface area contributed by atoms with E-state index in [-0.39, 0.29) is 0 Å². The Morgan fingerprint density at radius 1 is 1.39 bits per heavy atom. The van der Waals surface area contributed by atoms with Gasteiger partial charge in [0.25, 0.3) is 0 Å². The lowest BCUT2D eigenvalue weighted by atomic mass is 10.3. The molecule has 0 amide bonds. The van der Waals surface area contributed by atoms with Gasteiger partial charge < -0.3 is 5.43 Å². The van der Waals surface area contributed by atoms with Gasteiger partial charge in [0.05, 0.1) is 11.1 Å². The largest absolute Gasteiger partial charge is 0.308 e. The Kier molecular flexibility index (Phi) is 4.79. The summed E-state index contributed by atoms with van der Waals surface area (Å²) in [6, 6.07) is 2.12. The van der Waals surface area contributed by atoms with Gasteiger partial charge in [-0.2, -0.15) is 11.8 Å². The summed E-state index contributed by atoms with van der Waals surface area (Å²) in [5.74, 6) is 9.13. The molecule has 0 radical (unpaired) electrons. The molecule has 3 N–H and O–H groups in total. The zero-order chi connectivity index (χ0) is 13.0. The van der Waals surface area contributed by atoms with Crippen LogP contribution in [0.5, 0.6) is 0 Å². The molecular formula is C12H18N4S2. The molecule has 0 aliphatic heterocycles. The van der Waals surface area contributed by atoms with Crippen LogP contribution in [0.15, 0.2) is 6.07 Å². The molecular weight excluding hydrogens is 264 g/mol. The molecule has 0 aliphatic carbocycles. The van der Waals surface area contributed by atoms with E-state index < -0.39 is 0 Å². The van der Waals surface area contributed by atoms with Gasteiger partial charge in [-0.3, -0.25) is 0 Å². The van der Waals surface area contributed by atoms with Crippen LogP contribution in [-0.2, 0) is 12.2 Å². The van der Waals surface area contributed by atoms with Gasteiger partial charge in [-0.25, -0.2) is 15.8 Å². The van der Waals surface area contributed by atoms with Crippen LogP contribution in [-0.4, -0.2) is 15.7 Å². The van der Waals surface area contributed by atoms with Gasteiger partial charge in [-0.15, -0.1) is 11.3 Å². The number of anilines is 1. The van der Waals surface area contributed by atoms with Crippen molar-refractivity contribution in [2.45, 2.75) is 32.4 Å². The first kappa shape index (κ1) is 13.6. The summed E-state index contributed by atoms with van der Waals surface area (Å²) >= 11 is 3.58. The normalized spacial score (nSPS) is 11.1. The number of fused-ring (bicyclic) bond motifs is 1. The van der Waals surface area contributed by atoms with Crippen molar-refractivity contribution in [3.05, 3.63) is 16.8 Å². The highest BCUT2D eigenvalue weighted by Gasteiger charge is 2.10. The third-order valence-electron chi connectivity index (χ3n) is 2.55. The van der Waals surface area contributed by atoms with Crippen molar-refractivity contribution < 1.29 is 0 Å². The van der Waals surface area contributed by atoms with Gasteiger partial charge in [0, 0.05) is 4.88 Å². The van der Waals surface area contributed by atoms with Crippen LogP contribution in [0.2, 0.25) is 0 Å². The Morgan fingerprint density at radius 3 is 2.89 bits per heavy atom. The van der Waals surface area contributed by atoms with Crippen LogP contribution in [0.3, 0.4) is 0 Å². The average Bonchev–Trinajstić information content (AvgIpc) is 2.81. The molecule has 0 aliphatic rings. The van der Waals surface area contributed by atoms with Crippen molar-refractivity contribution >= 4 is 39.1 Å². The fraction of sp³-hybridized carbons (Fsp3) is 0.500. The van der Waals surface area contributed by atoms with Crippen LogP contribution in [0.25, 0.3) is 10.2 Å². The van der Waals surface area contributed by atoms with Crippen molar-refractivity contribution in [3.63, 3.8) is 0 Å². The summed E-state index contributed by atoms with van der Waals surface area (Å²) in [5.41, 5.74) is 2.68. The minimum Gasteiger partial charge on any atom is -0.308 e. The lowest BCUT2D eigenvalue weighted by molar-refractivity contribution is 1.05. The van der Waals surface area contributed by atoms with Crippen molar-refractivity contribution in [3.8, 4) is 0 Å². The fourth-order valence-corrected chi connectivity index (χ4v) is 3.40. The Balaban J connectivity index is 2.32. The molecule has 0 fully saturated rings. The minimum absolute atomic E-state index is 0.739. The van der Waals surface area contributed by atoms with E-state index in [1.54, 1.807) is 11.3 Å². The average molecular weight is 282 g/mol. The zero-order valence-corrected chi connectivity index (χ0v) is 12.3. The smallest absolute Gasteiger partial charge is 0.152 e. The predicted molar refractivity (Wildman–Crippen MR) is 81.1 cm³/mol. The Bertz CT molecular complexity index is 524. The Labute approximate surface area is 115 Å². The number of nitrogens with one attached hydrogen (secondary N) is 1.